The minimum atomic E-state index is -4.23. The lowest BCUT2D eigenvalue weighted by molar-refractivity contribution is 0.472. The zero-order chi connectivity index (χ0) is 65.9. The molecule has 0 unspecified atom stereocenters. The molecule has 0 atom stereocenters. The van der Waals surface area contributed by atoms with Crippen LogP contribution in [-0.4, -0.2) is 0 Å². The topological polar surface area (TPSA) is 15.7 Å². The molecule has 0 radical (unpaired) electrons. The number of ether oxygens (including phenoxy) is 1. The Hall–Kier alpha value is -6.58. The Morgan fingerprint density at radius 2 is 1.13 bits per heavy atom. The third-order valence-corrected chi connectivity index (χ3v) is 8.12. The van der Waals surface area contributed by atoms with Crippen LogP contribution in [0.2, 0.25) is 0 Å². The average molecular weight is 705 g/mol. The van der Waals surface area contributed by atoms with Crippen molar-refractivity contribution in [3.8, 4) is 33.8 Å². The van der Waals surface area contributed by atoms with Crippen LogP contribution in [0, 0.1) is 0 Å². The number of hydrogen-bond donors (Lipinski definition) is 0. The summed E-state index contributed by atoms with van der Waals surface area (Å²) < 4.78 is 333. The van der Waals surface area contributed by atoms with Crippen LogP contribution in [0.5, 0.6) is 11.5 Å². The quantitative estimate of drug-likeness (QED) is 0.177. The SMILES string of the molecule is [2H]c1c([2H])c([2H])c(-c2c([2H])c([2H])c(N(c3c([2H])c([2H])c([2H])c([2H])c3[2H])c3c([2H])c([2H])c(-c4c([2H])c([2H])c([2H])c5c4C(C([2H])([2H])[2H])(C([2H])([2H])[2H])c4c([2H])c([2H])c([2H])c6c4N5c4c(c([2H])c([2H])c5c([2H])c([2H])c([2H])c([2H])c45)O6)c([2H])c3[2H])c([2H])c2[2H])c([2H])c1[2H]. The maximum atomic E-state index is 9.84. The van der Waals surface area contributed by atoms with Gasteiger partial charge in [-0.3, -0.25) is 0 Å². The van der Waals surface area contributed by atoms with Gasteiger partial charge >= 0.3 is 0 Å². The van der Waals surface area contributed by atoms with Crippen molar-refractivity contribution in [3.05, 3.63) is 192 Å². The van der Waals surface area contributed by atoms with Crippen molar-refractivity contribution < 1.29 is 54.1 Å². The summed E-state index contributed by atoms with van der Waals surface area (Å²) in [6.45, 7) is -8.47. The first-order valence-electron chi connectivity index (χ1n) is 33.0. The molecule has 0 N–H and O–H groups in total. The Balaban J connectivity index is 1.43. The molecular formula is C49H36N2O. The van der Waals surface area contributed by atoms with Crippen LogP contribution < -0.4 is 14.5 Å². The zero-order valence-electron chi connectivity index (χ0n) is 61.8. The molecule has 3 nitrogen and oxygen atoms in total. The summed E-state index contributed by atoms with van der Waals surface area (Å²) in [6, 6.07) is -36.1. The van der Waals surface area contributed by atoms with E-state index in [9.17, 15) is 27.4 Å². The maximum absolute atomic E-state index is 9.84. The van der Waals surface area contributed by atoms with Gasteiger partial charge in [-0.1, -0.05) is 141 Å². The van der Waals surface area contributed by atoms with Crippen molar-refractivity contribution >= 4 is 44.9 Å². The Morgan fingerprint density at radius 3 is 1.88 bits per heavy atom. The van der Waals surface area contributed by atoms with Gasteiger partial charge in [0.05, 0.1) is 58.2 Å². The van der Waals surface area contributed by atoms with Crippen LogP contribution in [-0.2, 0) is 5.41 Å². The standard InChI is InChI=1S/C49H36N2O/c1-49(2)42-20-12-22-44-48(42)51(47-41-18-10-9-15-35(41)27-32-45(47)52-44)43-21-11-19-40(46(43)49)36-25-30-39(31-26-36)50(37-16-7-4-8-17-37)38-28-23-34(24-29-38)33-13-5-3-6-14-33/h3-32H,1-2H3/i1D3,2D3,3D,4D,5D,6D,7D,8D,9D,10D,11D,12D,13D,14D,15D,16D,17D,18D,19D,20D,21D,22D,23D,24D,25D,26D,27D,28D,29D,30D,31D,32D. The summed E-state index contributed by atoms with van der Waals surface area (Å²) in [7, 11) is 0. The smallest absolute Gasteiger partial charge is 0.152 e. The second-order valence-electron chi connectivity index (χ2n) is 11.0. The van der Waals surface area contributed by atoms with Crippen molar-refractivity contribution in [1.29, 1.82) is 0 Å². The lowest BCUT2D eigenvalue weighted by atomic mass is 9.70. The van der Waals surface area contributed by atoms with Gasteiger partial charge in [-0.2, -0.15) is 0 Å². The molecule has 0 fully saturated rings. The molecule has 0 amide bonds. The molecule has 8 aromatic carbocycles. The molecule has 0 spiro atoms. The van der Waals surface area contributed by atoms with Crippen LogP contribution in [0.4, 0.5) is 34.1 Å². The van der Waals surface area contributed by atoms with Gasteiger partial charge in [-0.05, 0) is 93.1 Å². The first kappa shape index (κ1) is 11.0. The van der Waals surface area contributed by atoms with Crippen LogP contribution in [0.15, 0.2) is 181 Å². The molecule has 0 saturated heterocycles. The lowest BCUT2D eigenvalue weighted by Gasteiger charge is -2.46. The van der Waals surface area contributed by atoms with Crippen molar-refractivity contribution in [2.45, 2.75) is 19.1 Å². The molecule has 0 aromatic heterocycles. The molecule has 2 aliphatic rings. The first-order valence-corrected chi connectivity index (χ1v) is 15.0. The predicted molar refractivity (Wildman–Crippen MR) is 216 cm³/mol. The highest BCUT2D eigenvalue weighted by Crippen LogP contribution is 2.62. The van der Waals surface area contributed by atoms with Crippen molar-refractivity contribution in [1.82, 2.24) is 0 Å². The van der Waals surface area contributed by atoms with E-state index in [0.717, 1.165) is 0 Å². The molecule has 0 saturated carbocycles. The van der Waals surface area contributed by atoms with Crippen molar-refractivity contribution in [2.75, 3.05) is 9.80 Å². The van der Waals surface area contributed by atoms with E-state index >= 15 is 0 Å². The summed E-state index contributed by atoms with van der Waals surface area (Å²) in [6.07, 6.45) is 0. The fourth-order valence-corrected chi connectivity index (χ4v) is 5.93. The number of anilines is 6. The molecule has 3 heteroatoms. The average Bonchev–Trinajstić information content (AvgIpc) is 0.655. The van der Waals surface area contributed by atoms with Crippen molar-refractivity contribution in [2.24, 2.45) is 0 Å². The van der Waals surface area contributed by atoms with E-state index in [1.165, 1.54) is 0 Å². The highest BCUT2D eigenvalue weighted by Gasteiger charge is 2.43. The Bertz CT molecular complexity index is 4460. The van der Waals surface area contributed by atoms with Gasteiger partial charge in [-0.15, -0.1) is 0 Å². The minimum absolute atomic E-state index is 0.196. The number of hydrogen-bond acceptors (Lipinski definition) is 3. The van der Waals surface area contributed by atoms with E-state index in [1.54, 1.807) is 0 Å². The maximum Gasteiger partial charge on any atom is 0.152 e. The second-order valence-corrected chi connectivity index (χ2v) is 11.0. The molecule has 0 aliphatic carbocycles. The summed E-state index contributed by atoms with van der Waals surface area (Å²) in [5.41, 5.74) is -18.3. The van der Waals surface area contributed by atoms with Gasteiger partial charge in [-0.25, -0.2) is 0 Å². The van der Waals surface area contributed by atoms with E-state index in [4.69, 9.17) is 26.7 Å². The molecule has 10 rings (SSSR count). The molecule has 0 bridgehead atoms. The largest absolute Gasteiger partial charge is 0.453 e. The van der Waals surface area contributed by atoms with Crippen LogP contribution in [0.3, 0.4) is 0 Å². The Kier molecular flexibility index (Phi) is 2.48. The molecule has 2 aliphatic heterocycles. The molecule has 2 heterocycles. The highest BCUT2D eigenvalue weighted by atomic mass is 16.5. The van der Waals surface area contributed by atoms with E-state index in [-0.39, 0.29) is 4.90 Å². The summed E-state index contributed by atoms with van der Waals surface area (Å²) >= 11 is 0. The van der Waals surface area contributed by atoms with Gasteiger partial charge in [0.25, 0.3) is 0 Å². The normalized spacial score (nSPS) is 23.7. The highest BCUT2D eigenvalue weighted by molar-refractivity contribution is 6.06. The minimum Gasteiger partial charge on any atom is -0.453 e. The number of rotatable bonds is 5. The lowest BCUT2D eigenvalue weighted by Crippen LogP contribution is -2.33. The Labute approximate surface area is 355 Å². The summed E-state index contributed by atoms with van der Waals surface area (Å²) in [5, 5.41) is -1.52. The summed E-state index contributed by atoms with van der Waals surface area (Å²) in [4.78, 5) is 0.788. The molecule has 52 heavy (non-hydrogen) atoms. The van der Waals surface area contributed by atoms with Gasteiger partial charge in [0.2, 0.25) is 0 Å². The third-order valence-electron chi connectivity index (χ3n) is 8.12. The van der Waals surface area contributed by atoms with E-state index in [2.05, 4.69) is 0 Å². The summed E-state index contributed by atoms with van der Waals surface area (Å²) in [5.74, 6) is -1.95. The predicted octanol–water partition coefficient (Wildman–Crippen LogP) is 13.9. The van der Waals surface area contributed by atoms with Gasteiger partial charge in [0.15, 0.2) is 11.5 Å². The van der Waals surface area contributed by atoms with E-state index in [0.29, 0.717) is 4.90 Å². The van der Waals surface area contributed by atoms with Crippen LogP contribution in [0.25, 0.3) is 33.0 Å². The first-order chi connectivity index (χ1) is 40.5. The zero-order valence-corrected chi connectivity index (χ0v) is 25.8. The number of nitrogens with zero attached hydrogens (tertiary/aromatic N) is 2. The third kappa shape index (κ3) is 4.66. The van der Waals surface area contributed by atoms with Crippen molar-refractivity contribution in [3.63, 3.8) is 0 Å². The monoisotopic (exact) mass is 705 g/mol. The van der Waals surface area contributed by atoms with E-state index < -0.39 is 290 Å². The fraction of sp³-hybridized carbons (Fsp3) is 0.0612. The van der Waals surface area contributed by atoms with Gasteiger partial charge in [0, 0.05) is 36.1 Å². The van der Waals surface area contributed by atoms with E-state index in [1.807, 2.05) is 0 Å². The molecular weight excluding hydrogens is 633 g/mol. The van der Waals surface area contributed by atoms with Crippen LogP contribution >= 0.6 is 0 Å². The second kappa shape index (κ2) is 11.8. The molecule has 8 aromatic rings. The van der Waals surface area contributed by atoms with Gasteiger partial charge in [0.1, 0.15) is 0 Å². The fourth-order valence-electron chi connectivity index (χ4n) is 5.93. The molecule has 248 valence electrons. The van der Waals surface area contributed by atoms with Crippen LogP contribution in [0.1, 0.15) is 74.2 Å². The van der Waals surface area contributed by atoms with Gasteiger partial charge < -0.3 is 14.5 Å². The number of para-hydroxylation sites is 2. The Morgan fingerprint density at radius 1 is 0.519 bits per heavy atom. The number of fused-ring (bicyclic) bond motifs is 6. The number of benzene rings is 8.